The molecule has 25 heavy (non-hydrogen) atoms. The summed E-state index contributed by atoms with van der Waals surface area (Å²) in [5, 5.41) is 8.70. The summed E-state index contributed by atoms with van der Waals surface area (Å²) in [5.74, 6) is 0.691. The molecular weight excluding hydrogens is 342 g/mol. The molecule has 2 heterocycles. The first-order valence-corrected chi connectivity index (χ1v) is 7.92. The molecule has 2 N–H and O–H groups in total. The van der Waals surface area contributed by atoms with E-state index in [0.717, 1.165) is 5.56 Å². The van der Waals surface area contributed by atoms with Gasteiger partial charge in [-0.25, -0.2) is 4.68 Å². The lowest BCUT2D eigenvalue weighted by Gasteiger charge is -2.07. The molecule has 7 nitrogen and oxygen atoms in total. The van der Waals surface area contributed by atoms with Crippen molar-refractivity contribution in [2.75, 3.05) is 5.73 Å². The Hall–Kier alpha value is -2.93. The first-order valence-electron chi connectivity index (χ1n) is 7.54. The summed E-state index contributed by atoms with van der Waals surface area (Å²) in [4.78, 5) is 16.4. The van der Waals surface area contributed by atoms with E-state index in [1.165, 1.54) is 4.68 Å². The van der Waals surface area contributed by atoms with Crippen molar-refractivity contribution in [3.63, 3.8) is 0 Å². The van der Waals surface area contributed by atoms with Crippen LogP contribution < -0.4 is 11.3 Å². The molecule has 0 saturated carbocycles. The Bertz CT molecular complexity index is 989. The third-order valence-electron chi connectivity index (χ3n) is 3.68. The van der Waals surface area contributed by atoms with E-state index in [0.29, 0.717) is 27.8 Å². The number of hydrogen-bond donors (Lipinski definition) is 1. The van der Waals surface area contributed by atoms with Crippen LogP contribution in [0.1, 0.15) is 28.5 Å². The van der Waals surface area contributed by atoms with Crippen LogP contribution in [0.25, 0.3) is 12.2 Å². The summed E-state index contributed by atoms with van der Waals surface area (Å²) in [5.41, 5.74) is 7.92. The van der Waals surface area contributed by atoms with Gasteiger partial charge in [0.2, 0.25) is 5.89 Å². The van der Waals surface area contributed by atoms with Crippen molar-refractivity contribution < 1.29 is 4.52 Å². The summed E-state index contributed by atoms with van der Waals surface area (Å²) in [6.07, 6.45) is 3.55. The Labute approximate surface area is 148 Å². The molecule has 0 bridgehead atoms. The Morgan fingerprint density at radius 2 is 1.96 bits per heavy atom. The molecule has 128 valence electrons. The third-order valence-corrected chi connectivity index (χ3v) is 3.94. The molecule has 3 rings (SSSR count). The standard InChI is InChI=1S/C17H16ClN5O2/c1-10-16(19)11(2)21-23(17(10)24)9-15-20-14(22-25-15)8-5-12-3-6-13(18)7-4-12/h3-8H,9,19H2,1-2H3/b8-5+. The summed E-state index contributed by atoms with van der Waals surface area (Å²) >= 11 is 5.85. The summed E-state index contributed by atoms with van der Waals surface area (Å²) in [6.45, 7) is 3.49. The van der Waals surface area contributed by atoms with Crippen molar-refractivity contribution in [3.8, 4) is 0 Å². The minimum atomic E-state index is -0.278. The second-order valence-electron chi connectivity index (χ2n) is 5.52. The van der Waals surface area contributed by atoms with Gasteiger partial charge in [0.25, 0.3) is 5.56 Å². The second kappa shape index (κ2) is 6.90. The van der Waals surface area contributed by atoms with E-state index in [2.05, 4.69) is 15.2 Å². The van der Waals surface area contributed by atoms with Crippen molar-refractivity contribution >= 4 is 29.4 Å². The van der Waals surface area contributed by atoms with Crippen LogP contribution in [0.2, 0.25) is 5.02 Å². The molecule has 0 saturated heterocycles. The predicted octanol–water partition coefficient (Wildman–Crippen LogP) is 2.70. The maximum atomic E-state index is 12.2. The Kier molecular flexibility index (Phi) is 4.67. The van der Waals surface area contributed by atoms with Crippen LogP contribution in [-0.4, -0.2) is 19.9 Å². The molecule has 1 aromatic carbocycles. The van der Waals surface area contributed by atoms with E-state index in [-0.39, 0.29) is 18.0 Å². The second-order valence-corrected chi connectivity index (χ2v) is 5.95. The van der Waals surface area contributed by atoms with Crippen LogP contribution in [-0.2, 0) is 6.54 Å². The highest BCUT2D eigenvalue weighted by atomic mass is 35.5. The topological polar surface area (TPSA) is 99.8 Å². The first-order chi connectivity index (χ1) is 11.9. The quantitative estimate of drug-likeness (QED) is 0.770. The van der Waals surface area contributed by atoms with Crippen LogP contribution in [0.15, 0.2) is 33.6 Å². The third kappa shape index (κ3) is 3.77. The molecule has 3 aromatic rings. The Morgan fingerprint density at radius 3 is 2.68 bits per heavy atom. The number of benzene rings is 1. The lowest BCUT2D eigenvalue weighted by atomic mass is 10.2. The predicted molar refractivity (Wildman–Crippen MR) is 96.2 cm³/mol. The van der Waals surface area contributed by atoms with E-state index < -0.39 is 0 Å². The Balaban J connectivity index is 1.78. The number of nitrogens with two attached hydrogens (primary N) is 1. The average Bonchev–Trinajstić information content (AvgIpc) is 3.05. The van der Waals surface area contributed by atoms with Gasteiger partial charge in [-0.15, -0.1) is 0 Å². The van der Waals surface area contributed by atoms with Crippen LogP contribution >= 0.6 is 11.6 Å². The van der Waals surface area contributed by atoms with Gasteiger partial charge in [0.05, 0.1) is 11.4 Å². The molecule has 2 aromatic heterocycles. The number of anilines is 1. The van der Waals surface area contributed by atoms with Crippen molar-refractivity contribution in [2.24, 2.45) is 0 Å². The van der Waals surface area contributed by atoms with E-state index in [1.54, 1.807) is 32.1 Å². The zero-order chi connectivity index (χ0) is 18.0. The number of hydrogen-bond acceptors (Lipinski definition) is 6. The number of rotatable bonds is 4. The van der Waals surface area contributed by atoms with Crippen LogP contribution in [0.5, 0.6) is 0 Å². The average molecular weight is 358 g/mol. The zero-order valence-corrected chi connectivity index (χ0v) is 14.5. The van der Waals surface area contributed by atoms with Gasteiger partial charge in [0.15, 0.2) is 5.82 Å². The van der Waals surface area contributed by atoms with Gasteiger partial charge in [-0.3, -0.25) is 4.79 Å². The highest BCUT2D eigenvalue weighted by Crippen LogP contribution is 2.12. The molecule has 0 fully saturated rings. The highest BCUT2D eigenvalue weighted by Gasteiger charge is 2.12. The van der Waals surface area contributed by atoms with E-state index >= 15 is 0 Å². The van der Waals surface area contributed by atoms with Gasteiger partial charge in [-0.05, 0) is 37.6 Å². The fourth-order valence-electron chi connectivity index (χ4n) is 2.24. The number of nitrogen functional groups attached to an aromatic ring is 1. The van der Waals surface area contributed by atoms with Crippen LogP contribution in [0, 0.1) is 13.8 Å². The molecule has 0 aliphatic rings. The van der Waals surface area contributed by atoms with Gasteiger partial charge < -0.3 is 10.3 Å². The molecule has 0 aliphatic carbocycles. The van der Waals surface area contributed by atoms with Gasteiger partial charge >= 0.3 is 0 Å². The van der Waals surface area contributed by atoms with Gasteiger partial charge in [-0.2, -0.15) is 10.1 Å². The maximum absolute atomic E-state index is 12.2. The SMILES string of the molecule is Cc1nn(Cc2nc(/C=C/c3ccc(Cl)cc3)no2)c(=O)c(C)c1N. The molecule has 0 aliphatic heterocycles. The molecule has 8 heteroatoms. The fourth-order valence-corrected chi connectivity index (χ4v) is 2.37. The molecule has 0 unspecified atom stereocenters. The molecule has 0 spiro atoms. The lowest BCUT2D eigenvalue weighted by molar-refractivity contribution is 0.360. The number of aryl methyl sites for hydroxylation is 1. The van der Waals surface area contributed by atoms with Crippen LogP contribution in [0.4, 0.5) is 5.69 Å². The Morgan fingerprint density at radius 1 is 1.24 bits per heavy atom. The zero-order valence-electron chi connectivity index (χ0n) is 13.7. The number of aromatic nitrogens is 4. The normalized spacial score (nSPS) is 11.3. The number of nitrogens with zero attached hydrogens (tertiary/aromatic N) is 4. The van der Waals surface area contributed by atoms with Gasteiger partial charge in [-0.1, -0.05) is 35.0 Å². The summed E-state index contributed by atoms with van der Waals surface area (Å²) < 4.78 is 6.44. The molecular formula is C17H16ClN5O2. The number of halogens is 1. The van der Waals surface area contributed by atoms with Crippen molar-refractivity contribution in [1.29, 1.82) is 0 Å². The van der Waals surface area contributed by atoms with Crippen molar-refractivity contribution in [2.45, 2.75) is 20.4 Å². The minimum Gasteiger partial charge on any atom is -0.397 e. The van der Waals surface area contributed by atoms with E-state index in [4.69, 9.17) is 21.9 Å². The monoisotopic (exact) mass is 357 g/mol. The van der Waals surface area contributed by atoms with Crippen molar-refractivity contribution in [1.82, 2.24) is 19.9 Å². The highest BCUT2D eigenvalue weighted by molar-refractivity contribution is 6.30. The molecule has 0 amide bonds. The fraction of sp³-hybridized carbons (Fsp3) is 0.176. The summed E-state index contributed by atoms with van der Waals surface area (Å²) in [6, 6.07) is 7.35. The van der Waals surface area contributed by atoms with Crippen LogP contribution in [0.3, 0.4) is 0 Å². The van der Waals surface area contributed by atoms with Gasteiger partial charge in [0.1, 0.15) is 6.54 Å². The summed E-state index contributed by atoms with van der Waals surface area (Å²) in [7, 11) is 0. The largest absolute Gasteiger partial charge is 0.397 e. The smallest absolute Gasteiger partial charge is 0.272 e. The first kappa shape index (κ1) is 16.9. The minimum absolute atomic E-state index is 0.0859. The van der Waals surface area contributed by atoms with E-state index in [9.17, 15) is 4.79 Å². The van der Waals surface area contributed by atoms with E-state index in [1.807, 2.05) is 18.2 Å². The molecule has 0 radical (unpaired) electrons. The maximum Gasteiger partial charge on any atom is 0.272 e. The van der Waals surface area contributed by atoms with Crippen molar-refractivity contribution in [3.05, 3.63) is 68.2 Å². The molecule has 0 atom stereocenters. The lowest BCUT2D eigenvalue weighted by Crippen LogP contribution is -2.27. The van der Waals surface area contributed by atoms with Gasteiger partial charge in [0, 0.05) is 10.6 Å².